The van der Waals surface area contributed by atoms with Crippen molar-refractivity contribution in [1.29, 1.82) is 0 Å². The molecule has 6 heteroatoms. The van der Waals surface area contributed by atoms with Crippen LogP contribution in [0, 0.1) is 0 Å². The average molecular weight is 226 g/mol. The summed E-state index contributed by atoms with van der Waals surface area (Å²) in [5.41, 5.74) is 6.01. The van der Waals surface area contributed by atoms with E-state index in [9.17, 15) is 4.79 Å². The van der Waals surface area contributed by atoms with E-state index in [1.165, 1.54) is 7.11 Å². The Labute approximate surface area is 95.0 Å². The topological polar surface area (TPSA) is 73.4 Å². The molecule has 0 aliphatic carbocycles. The first-order valence-corrected chi connectivity index (χ1v) is 5.02. The number of esters is 1. The Bertz CT molecular complexity index is 373. The van der Waals surface area contributed by atoms with Gasteiger partial charge in [-0.1, -0.05) is 0 Å². The van der Waals surface area contributed by atoms with Crippen LogP contribution in [0.3, 0.4) is 0 Å². The lowest BCUT2D eigenvalue weighted by Crippen LogP contribution is -2.23. The second-order valence-electron chi connectivity index (χ2n) is 3.99. The van der Waals surface area contributed by atoms with E-state index in [0.717, 1.165) is 6.54 Å². The van der Waals surface area contributed by atoms with E-state index < -0.39 is 5.97 Å². The fourth-order valence-corrected chi connectivity index (χ4v) is 1.59. The smallest absolute Gasteiger partial charge is 0.360 e. The summed E-state index contributed by atoms with van der Waals surface area (Å²) in [5.74, 6) is -0.158. The van der Waals surface area contributed by atoms with E-state index in [1.807, 2.05) is 25.9 Å². The molecule has 1 unspecified atom stereocenters. The van der Waals surface area contributed by atoms with Crippen LogP contribution in [0.1, 0.15) is 23.5 Å². The van der Waals surface area contributed by atoms with Gasteiger partial charge in [0.2, 0.25) is 0 Å². The molecule has 1 heterocycles. The molecule has 1 rings (SSSR count). The summed E-state index contributed by atoms with van der Waals surface area (Å²) in [6.07, 6.45) is 1.57. The summed E-state index contributed by atoms with van der Waals surface area (Å²) in [4.78, 5) is 17.3. The fourth-order valence-electron chi connectivity index (χ4n) is 1.59. The van der Waals surface area contributed by atoms with Gasteiger partial charge in [0.15, 0.2) is 5.69 Å². The van der Waals surface area contributed by atoms with Crippen LogP contribution in [0.25, 0.3) is 0 Å². The Hall–Kier alpha value is -1.56. The molecule has 1 aromatic rings. The summed E-state index contributed by atoms with van der Waals surface area (Å²) >= 11 is 0. The van der Waals surface area contributed by atoms with Gasteiger partial charge < -0.3 is 19.9 Å². The van der Waals surface area contributed by atoms with Gasteiger partial charge in [0, 0.05) is 12.6 Å². The van der Waals surface area contributed by atoms with Gasteiger partial charge in [0.25, 0.3) is 0 Å². The van der Waals surface area contributed by atoms with Gasteiger partial charge >= 0.3 is 5.97 Å². The number of aromatic nitrogens is 2. The predicted octanol–water partition coefficient (Wildman–Crippen LogP) is 0.375. The van der Waals surface area contributed by atoms with Gasteiger partial charge in [0.05, 0.1) is 13.4 Å². The molecule has 1 aromatic heterocycles. The van der Waals surface area contributed by atoms with Gasteiger partial charge in [-0.25, -0.2) is 9.78 Å². The molecule has 1 atom stereocenters. The van der Waals surface area contributed by atoms with Crippen molar-refractivity contribution in [2.45, 2.75) is 13.0 Å². The molecule has 0 amide bonds. The third-order valence-electron chi connectivity index (χ3n) is 2.32. The fraction of sp³-hybridized carbons (Fsp3) is 0.600. The lowest BCUT2D eigenvalue weighted by atomic mass is 10.3. The normalized spacial score (nSPS) is 12.8. The van der Waals surface area contributed by atoms with Crippen molar-refractivity contribution in [2.75, 3.05) is 33.5 Å². The first-order valence-electron chi connectivity index (χ1n) is 5.02. The zero-order chi connectivity index (χ0) is 12.3. The number of likely N-dealkylation sites (N-methyl/N-ethyl adjacent to an activating group) is 1. The molecule has 2 N–H and O–H groups in total. The first kappa shape index (κ1) is 12.5. The Morgan fingerprint density at radius 2 is 2.31 bits per heavy atom. The van der Waals surface area contributed by atoms with Crippen LogP contribution in [-0.2, 0) is 4.74 Å². The van der Waals surface area contributed by atoms with Crippen LogP contribution < -0.4 is 5.73 Å². The van der Waals surface area contributed by atoms with E-state index in [0.29, 0.717) is 5.82 Å². The molecule has 6 nitrogen and oxygen atoms in total. The molecule has 0 radical (unpaired) electrons. The van der Waals surface area contributed by atoms with Gasteiger partial charge in [-0.05, 0) is 21.0 Å². The highest BCUT2D eigenvalue weighted by molar-refractivity contribution is 5.92. The maximum atomic E-state index is 11.3. The zero-order valence-corrected chi connectivity index (χ0v) is 10.1. The van der Waals surface area contributed by atoms with Crippen LogP contribution in [0.2, 0.25) is 0 Å². The molecule has 0 aromatic carbocycles. The third-order valence-corrected chi connectivity index (χ3v) is 2.32. The van der Waals surface area contributed by atoms with E-state index in [1.54, 1.807) is 10.9 Å². The lowest BCUT2D eigenvalue weighted by Gasteiger charge is -2.19. The maximum Gasteiger partial charge on any atom is 0.360 e. The van der Waals surface area contributed by atoms with Gasteiger partial charge in [-0.15, -0.1) is 0 Å². The number of imidazole rings is 1. The molecule has 0 saturated carbocycles. The van der Waals surface area contributed by atoms with Crippen molar-refractivity contribution in [3.05, 3.63) is 12.0 Å². The second-order valence-corrected chi connectivity index (χ2v) is 3.99. The largest absolute Gasteiger partial charge is 0.464 e. The van der Waals surface area contributed by atoms with E-state index in [2.05, 4.69) is 9.72 Å². The summed E-state index contributed by atoms with van der Waals surface area (Å²) in [6.45, 7) is 2.83. The number of methoxy groups -OCH3 is 1. The van der Waals surface area contributed by atoms with Crippen molar-refractivity contribution in [3.8, 4) is 0 Å². The first-order chi connectivity index (χ1) is 7.47. The minimum absolute atomic E-state index is 0.154. The number of rotatable bonds is 4. The number of carbonyl (C=O) groups is 1. The van der Waals surface area contributed by atoms with E-state index in [-0.39, 0.29) is 11.7 Å². The molecule has 0 fully saturated rings. The molecule has 0 bridgehead atoms. The lowest BCUT2D eigenvalue weighted by molar-refractivity contribution is 0.0596. The Balaban J connectivity index is 2.91. The Morgan fingerprint density at radius 3 is 2.81 bits per heavy atom. The number of hydrogen-bond acceptors (Lipinski definition) is 5. The predicted molar refractivity (Wildman–Crippen MR) is 61.2 cm³/mol. The summed E-state index contributed by atoms with van der Waals surface area (Å²) in [6, 6.07) is 0.154. The molecule has 0 spiro atoms. The number of carbonyl (C=O) groups excluding carboxylic acids is 1. The average Bonchev–Trinajstić information content (AvgIpc) is 2.58. The van der Waals surface area contributed by atoms with Crippen molar-refractivity contribution in [1.82, 2.24) is 14.5 Å². The SMILES string of the molecule is COC(=O)c1ncn(C(C)CN(C)C)c1N. The minimum atomic E-state index is -0.506. The summed E-state index contributed by atoms with van der Waals surface area (Å²) in [7, 11) is 5.26. The molecular weight excluding hydrogens is 208 g/mol. The van der Waals surface area contributed by atoms with Crippen LogP contribution in [0.5, 0.6) is 0 Å². The van der Waals surface area contributed by atoms with E-state index in [4.69, 9.17) is 5.73 Å². The molecule has 16 heavy (non-hydrogen) atoms. The number of hydrogen-bond donors (Lipinski definition) is 1. The van der Waals surface area contributed by atoms with Crippen LogP contribution in [0.15, 0.2) is 6.33 Å². The second kappa shape index (κ2) is 4.98. The summed E-state index contributed by atoms with van der Waals surface area (Å²) in [5, 5.41) is 0. The number of anilines is 1. The van der Waals surface area contributed by atoms with Crippen molar-refractivity contribution < 1.29 is 9.53 Å². The number of nitrogens with zero attached hydrogens (tertiary/aromatic N) is 3. The molecule has 0 saturated heterocycles. The van der Waals surface area contributed by atoms with Gasteiger partial charge in [-0.3, -0.25) is 0 Å². The quantitative estimate of drug-likeness (QED) is 0.751. The van der Waals surface area contributed by atoms with Crippen molar-refractivity contribution in [2.24, 2.45) is 0 Å². The van der Waals surface area contributed by atoms with Crippen LogP contribution in [-0.4, -0.2) is 48.2 Å². The van der Waals surface area contributed by atoms with Crippen molar-refractivity contribution in [3.63, 3.8) is 0 Å². The van der Waals surface area contributed by atoms with Gasteiger partial charge in [0.1, 0.15) is 5.82 Å². The highest BCUT2D eigenvalue weighted by Crippen LogP contribution is 2.17. The maximum absolute atomic E-state index is 11.3. The summed E-state index contributed by atoms with van der Waals surface area (Å²) < 4.78 is 6.36. The minimum Gasteiger partial charge on any atom is -0.464 e. The standard InChI is InChI=1S/C10H18N4O2/c1-7(5-13(2)3)14-6-12-8(9(14)11)10(15)16-4/h6-7H,5,11H2,1-4H3. The van der Waals surface area contributed by atoms with Crippen LogP contribution in [0.4, 0.5) is 5.82 Å². The number of nitrogens with two attached hydrogens (primary N) is 1. The zero-order valence-electron chi connectivity index (χ0n) is 10.1. The molecular formula is C10H18N4O2. The monoisotopic (exact) mass is 226 g/mol. The number of nitrogen functional groups attached to an aromatic ring is 1. The number of ether oxygens (including phenoxy) is 1. The highest BCUT2D eigenvalue weighted by atomic mass is 16.5. The van der Waals surface area contributed by atoms with Gasteiger partial charge in [-0.2, -0.15) is 0 Å². The highest BCUT2D eigenvalue weighted by Gasteiger charge is 2.18. The Morgan fingerprint density at radius 1 is 1.69 bits per heavy atom. The molecule has 0 aliphatic heterocycles. The third kappa shape index (κ3) is 2.52. The molecule has 0 aliphatic rings. The van der Waals surface area contributed by atoms with Crippen LogP contribution >= 0.6 is 0 Å². The van der Waals surface area contributed by atoms with Crippen molar-refractivity contribution >= 4 is 11.8 Å². The Kier molecular flexibility index (Phi) is 3.89. The molecule has 90 valence electrons. The van der Waals surface area contributed by atoms with E-state index >= 15 is 0 Å².